The van der Waals surface area contributed by atoms with Gasteiger partial charge in [-0.25, -0.2) is 22.9 Å². The summed E-state index contributed by atoms with van der Waals surface area (Å²) in [5.74, 6) is -2.00. The smallest absolute Gasteiger partial charge is 0.356 e. The zero-order valence-electron chi connectivity index (χ0n) is 20.8. The van der Waals surface area contributed by atoms with Gasteiger partial charge in [-0.05, 0) is 48.7 Å². The molecule has 11 heteroatoms. The van der Waals surface area contributed by atoms with Crippen molar-refractivity contribution in [2.75, 3.05) is 13.2 Å². The van der Waals surface area contributed by atoms with Gasteiger partial charge in [0.25, 0.3) is 21.8 Å². The second-order valence-corrected chi connectivity index (χ2v) is 10.4. The Morgan fingerprint density at radius 3 is 2.34 bits per heavy atom. The molecule has 1 heterocycles. The van der Waals surface area contributed by atoms with Crippen LogP contribution in [0.5, 0.6) is 0 Å². The van der Waals surface area contributed by atoms with Crippen LogP contribution in [0.4, 0.5) is 0 Å². The highest BCUT2D eigenvalue weighted by Gasteiger charge is 2.23. The third kappa shape index (κ3) is 8.12. The zero-order valence-corrected chi connectivity index (χ0v) is 22.3. The van der Waals surface area contributed by atoms with Gasteiger partial charge in [-0.15, -0.1) is 0 Å². The quantitative estimate of drug-likeness (QED) is 0.252. The first-order chi connectivity index (χ1) is 18.2. The first kappa shape index (κ1) is 28.8. The second kappa shape index (κ2) is 13.7. The van der Waals surface area contributed by atoms with Crippen LogP contribution in [0.15, 0.2) is 71.8 Å². The number of halogens is 1. The monoisotopic (exact) mass is 557 g/mol. The summed E-state index contributed by atoms with van der Waals surface area (Å²) in [6.07, 6.45) is 4.38. The van der Waals surface area contributed by atoms with Gasteiger partial charge in [0.2, 0.25) is 0 Å². The number of carbonyl (C=O) groups is 3. The summed E-state index contributed by atoms with van der Waals surface area (Å²) in [6, 6.07) is 15.9. The summed E-state index contributed by atoms with van der Waals surface area (Å²) >= 11 is 6.16. The SMILES string of the molecule is CCCCCOC(=O)c1ccc(C(=O)NS(=O)(=O)c2ccc(C(=O)NCCc3ccccc3)cc2Cl)cn1. The highest BCUT2D eigenvalue weighted by Crippen LogP contribution is 2.23. The number of hydrogen-bond acceptors (Lipinski definition) is 7. The minimum absolute atomic E-state index is 0.00147. The highest BCUT2D eigenvalue weighted by atomic mass is 35.5. The maximum absolute atomic E-state index is 12.8. The maximum atomic E-state index is 12.8. The van der Waals surface area contributed by atoms with Crippen molar-refractivity contribution in [3.05, 3.63) is 94.3 Å². The molecular formula is C27H28ClN3O6S. The third-order valence-electron chi connectivity index (χ3n) is 5.47. The Morgan fingerprint density at radius 1 is 0.947 bits per heavy atom. The van der Waals surface area contributed by atoms with Crippen LogP contribution in [0.3, 0.4) is 0 Å². The van der Waals surface area contributed by atoms with E-state index < -0.39 is 27.8 Å². The molecule has 0 aliphatic heterocycles. The standard InChI is InChI=1S/C27H28ClN3O6S/c1-2-3-7-16-37-27(34)23-12-10-21(18-30-23)26(33)31-38(35,36)24-13-11-20(17-22(24)28)25(32)29-15-14-19-8-5-4-6-9-19/h4-6,8-13,17-18H,2-3,7,14-16H2,1H3,(H,29,32)(H,31,33). The number of rotatable bonds is 12. The van der Waals surface area contributed by atoms with Crippen LogP contribution in [-0.2, 0) is 21.2 Å². The number of amides is 2. The fraction of sp³-hybridized carbons (Fsp3) is 0.259. The number of esters is 1. The van der Waals surface area contributed by atoms with E-state index in [4.69, 9.17) is 16.3 Å². The molecule has 0 saturated heterocycles. The van der Waals surface area contributed by atoms with Gasteiger partial charge in [-0.2, -0.15) is 0 Å². The van der Waals surface area contributed by atoms with Crippen LogP contribution in [0.25, 0.3) is 0 Å². The first-order valence-electron chi connectivity index (χ1n) is 12.0. The second-order valence-electron chi connectivity index (χ2n) is 8.35. The van der Waals surface area contributed by atoms with E-state index in [1.165, 1.54) is 24.3 Å². The minimum Gasteiger partial charge on any atom is -0.461 e. The fourth-order valence-corrected chi connectivity index (χ4v) is 4.92. The van der Waals surface area contributed by atoms with E-state index in [1.54, 1.807) is 0 Å². The van der Waals surface area contributed by atoms with E-state index in [2.05, 4.69) is 10.3 Å². The van der Waals surface area contributed by atoms with E-state index in [1.807, 2.05) is 42.0 Å². The van der Waals surface area contributed by atoms with E-state index in [0.29, 0.717) is 13.0 Å². The van der Waals surface area contributed by atoms with Gasteiger partial charge in [0.1, 0.15) is 10.6 Å². The molecule has 0 radical (unpaired) electrons. The molecule has 0 fully saturated rings. The van der Waals surface area contributed by atoms with Crippen molar-refractivity contribution in [3.8, 4) is 0 Å². The summed E-state index contributed by atoms with van der Waals surface area (Å²) < 4.78 is 32.6. The van der Waals surface area contributed by atoms with Crippen LogP contribution in [0.1, 0.15) is 63.0 Å². The lowest BCUT2D eigenvalue weighted by Gasteiger charge is -2.11. The average molecular weight is 558 g/mol. The number of pyridine rings is 1. The highest BCUT2D eigenvalue weighted by molar-refractivity contribution is 7.90. The molecule has 0 atom stereocenters. The summed E-state index contributed by atoms with van der Waals surface area (Å²) in [4.78, 5) is 40.5. The molecule has 0 unspecified atom stereocenters. The Labute approximate surface area is 226 Å². The van der Waals surface area contributed by atoms with Crippen molar-refractivity contribution in [2.24, 2.45) is 0 Å². The molecule has 9 nitrogen and oxygen atoms in total. The van der Waals surface area contributed by atoms with Crippen LogP contribution in [0.2, 0.25) is 5.02 Å². The predicted molar refractivity (Wildman–Crippen MR) is 143 cm³/mol. The lowest BCUT2D eigenvalue weighted by Crippen LogP contribution is -2.31. The summed E-state index contributed by atoms with van der Waals surface area (Å²) in [5, 5.41) is 2.54. The number of nitrogens with one attached hydrogen (secondary N) is 2. The zero-order chi connectivity index (χ0) is 27.5. The number of carbonyl (C=O) groups excluding carboxylic acids is 3. The normalized spacial score (nSPS) is 11.0. The lowest BCUT2D eigenvalue weighted by atomic mass is 10.1. The van der Waals surface area contributed by atoms with Gasteiger partial charge >= 0.3 is 5.97 Å². The third-order valence-corrected chi connectivity index (χ3v) is 7.28. The summed E-state index contributed by atoms with van der Waals surface area (Å²) in [7, 11) is -4.36. The number of hydrogen-bond donors (Lipinski definition) is 2. The molecule has 0 bridgehead atoms. The first-order valence-corrected chi connectivity index (χ1v) is 13.9. The van der Waals surface area contributed by atoms with Crippen LogP contribution in [0, 0.1) is 0 Å². The minimum atomic E-state index is -4.36. The number of nitrogens with zero attached hydrogens (tertiary/aromatic N) is 1. The average Bonchev–Trinajstić information content (AvgIpc) is 2.91. The predicted octanol–water partition coefficient (Wildman–Crippen LogP) is 4.17. The molecule has 2 N–H and O–H groups in total. The van der Waals surface area contributed by atoms with Crippen LogP contribution >= 0.6 is 11.6 Å². The number of ether oxygens (including phenoxy) is 1. The van der Waals surface area contributed by atoms with Gasteiger partial charge in [0.15, 0.2) is 0 Å². The molecule has 0 spiro atoms. The van der Waals surface area contributed by atoms with E-state index in [9.17, 15) is 22.8 Å². The van der Waals surface area contributed by atoms with Gasteiger partial charge in [-0.1, -0.05) is 61.7 Å². The summed E-state index contributed by atoms with van der Waals surface area (Å²) in [5.41, 5.74) is 1.16. The number of aromatic nitrogens is 1. The number of benzene rings is 2. The maximum Gasteiger partial charge on any atom is 0.356 e. The van der Waals surface area contributed by atoms with Crippen molar-refractivity contribution in [1.29, 1.82) is 0 Å². The Balaban J connectivity index is 1.59. The molecule has 3 rings (SSSR count). The van der Waals surface area contributed by atoms with Gasteiger partial charge < -0.3 is 10.1 Å². The fourth-order valence-electron chi connectivity index (χ4n) is 3.40. The van der Waals surface area contributed by atoms with Crippen molar-refractivity contribution >= 4 is 39.4 Å². The van der Waals surface area contributed by atoms with Crippen molar-refractivity contribution in [3.63, 3.8) is 0 Å². The molecule has 2 aromatic carbocycles. The number of sulfonamides is 1. The van der Waals surface area contributed by atoms with Crippen molar-refractivity contribution < 1.29 is 27.5 Å². The van der Waals surface area contributed by atoms with Crippen molar-refractivity contribution in [2.45, 2.75) is 37.5 Å². The molecular weight excluding hydrogens is 530 g/mol. The van der Waals surface area contributed by atoms with E-state index in [-0.39, 0.29) is 33.3 Å². The number of unbranched alkanes of at least 4 members (excludes halogenated alkanes) is 2. The lowest BCUT2D eigenvalue weighted by molar-refractivity contribution is 0.0490. The largest absolute Gasteiger partial charge is 0.461 e. The Kier molecular flexibility index (Phi) is 10.4. The Morgan fingerprint density at radius 2 is 1.68 bits per heavy atom. The van der Waals surface area contributed by atoms with E-state index in [0.717, 1.165) is 37.1 Å². The molecule has 0 aliphatic rings. The van der Waals surface area contributed by atoms with Gasteiger partial charge in [-0.3, -0.25) is 9.59 Å². The molecule has 0 saturated carbocycles. The topological polar surface area (TPSA) is 132 Å². The molecule has 0 aliphatic carbocycles. The molecule has 1 aromatic heterocycles. The van der Waals surface area contributed by atoms with Gasteiger partial charge in [0, 0.05) is 18.3 Å². The summed E-state index contributed by atoms with van der Waals surface area (Å²) in [6.45, 7) is 2.69. The molecule has 38 heavy (non-hydrogen) atoms. The Hall–Kier alpha value is -3.76. The Bertz CT molecular complexity index is 1380. The molecule has 3 aromatic rings. The van der Waals surface area contributed by atoms with Crippen molar-refractivity contribution in [1.82, 2.24) is 15.0 Å². The van der Waals surface area contributed by atoms with E-state index >= 15 is 0 Å². The van der Waals surface area contributed by atoms with Crippen LogP contribution in [-0.4, -0.2) is 44.3 Å². The molecule has 2 amide bonds. The molecule has 200 valence electrons. The van der Waals surface area contributed by atoms with Crippen LogP contribution < -0.4 is 10.0 Å². The van der Waals surface area contributed by atoms with Gasteiger partial charge in [0.05, 0.1) is 17.2 Å².